The van der Waals surface area contributed by atoms with Crippen LogP contribution >= 0.6 is 35.0 Å². The molecule has 7 nitrogen and oxygen atoms in total. The monoisotopic (exact) mass is 609 g/mol. The molecule has 4 aromatic rings. The number of rotatable bonds is 5. The second-order valence-corrected chi connectivity index (χ2v) is 11.2. The molecule has 2 fully saturated rings. The highest BCUT2D eigenvalue weighted by molar-refractivity contribution is 7.99. The van der Waals surface area contributed by atoms with Gasteiger partial charge in [0.25, 0.3) is 0 Å². The quantitative estimate of drug-likeness (QED) is 0.270. The Balaban J connectivity index is 1.34. The lowest BCUT2D eigenvalue weighted by atomic mass is 9.96. The Labute approximate surface area is 240 Å². The summed E-state index contributed by atoms with van der Waals surface area (Å²) in [6.45, 7) is 0.155. The fourth-order valence-corrected chi connectivity index (χ4v) is 6.17. The highest BCUT2D eigenvalue weighted by atomic mass is 35.5. The molecule has 6 unspecified atom stereocenters. The van der Waals surface area contributed by atoms with Crippen LogP contribution in [-0.4, -0.2) is 50.5 Å². The molecule has 2 aliphatic rings. The highest BCUT2D eigenvalue weighted by Crippen LogP contribution is 2.44. The number of benzene rings is 3. The molecule has 40 heavy (non-hydrogen) atoms. The molecule has 0 aliphatic carbocycles. The van der Waals surface area contributed by atoms with Crippen molar-refractivity contribution >= 4 is 35.0 Å². The second kappa shape index (κ2) is 11.3. The third-order valence-electron chi connectivity index (χ3n) is 6.64. The second-order valence-electron chi connectivity index (χ2n) is 9.23. The van der Waals surface area contributed by atoms with Crippen LogP contribution in [0.15, 0.2) is 71.8 Å². The zero-order valence-corrected chi connectivity index (χ0v) is 22.7. The van der Waals surface area contributed by atoms with Crippen LogP contribution in [0.25, 0.3) is 11.3 Å². The largest absolute Gasteiger partial charge is 0.387 e. The van der Waals surface area contributed by atoms with Crippen LogP contribution in [0.2, 0.25) is 10.0 Å². The Morgan fingerprint density at radius 1 is 0.950 bits per heavy atom. The van der Waals surface area contributed by atoms with E-state index >= 15 is 0 Å². The summed E-state index contributed by atoms with van der Waals surface area (Å²) in [5, 5.41) is 20.5. The molecule has 1 N–H and O–H groups in total. The number of halogens is 5. The lowest BCUT2D eigenvalue weighted by Crippen LogP contribution is -2.58. The standard InChI is InChI=1S/C27H20Cl2F3N3O4S/c28-16-7-6-15(10-17(16)29)40-27-24(36)23(25-21(38-27)12-37-26(39-25)13-4-2-1-3-5-13)35-11-20(33-34-35)14-8-18(30)22(32)19(31)9-14/h1-11,21,23-27,36H,12H2. The number of hydrogen-bond acceptors (Lipinski definition) is 7. The molecule has 208 valence electrons. The van der Waals surface area contributed by atoms with Crippen LogP contribution in [0, 0.1) is 17.5 Å². The Morgan fingerprint density at radius 3 is 2.42 bits per heavy atom. The van der Waals surface area contributed by atoms with Crippen molar-refractivity contribution in [3.05, 3.63) is 99.9 Å². The summed E-state index contributed by atoms with van der Waals surface area (Å²) in [5.41, 5.74) is 0.0290. The van der Waals surface area contributed by atoms with Gasteiger partial charge >= 0.3 is 0 Å². The molecule has 0 amide bonds. The van der Waals surface area contributed by atoms with E-state index in [9.17, 15) is 18.3 Å². The molecular formula is C27H20Cl2F3N3O4S. The van der Waals surface area contributed by atoms with Crippen LogP contribution in [0.5, 0.6) is 0 Å². The van der Waals surface area contributed by atoms with Gasteiger partial charge in [0, 0.05) is 16.0 Å². The molecule has 6 atom stereocenters. The summed E-state index contributed by atoms with van der Waals surface area (Å²) in [4.78, 5) is 0.701. The molecule has 2 aliphatic heterocycles. The van der Waals surface area contributed by atoms with Crippen LogP contribution in [-0.2, 0) is 14.2 Å². The lowest BCUT2D eigenvalue weighted by molar-refractivity contribution is -0.306. The van der Waals surface area contributed by atoms with Crippen molar-refractivity contribution in [2.24, 2.45) is 0 Å². The number of aromatic nitrogens is 3. The zero-order valence-electron chi connectivity index (χ0n) is 20.3. The fraction of sp³-hybridized carbons (Fsp3) is 0.259. The summed E-state index contributed by atoms with van der Waals surface area (Å²) < 4.78 is 61.2. The first-order valence-corrected chi connectivity index (χ1v) is 13.8. The van der Waals surface area contributed by atoms with Crippen molar-refractivity contribution in [3.8, 4) is 11.3 Å². The summed E-state index contributed by atoms with van der Waals surface area (Å²) >= 11 is 13.5. The summed E-state index contributed by atoms with van der Waals surface area (Å²) in [6.07, 6.45) is -1.85. The SMILES string of the molecule is OC1C(Sc2ccc(Cl)c(Cl)c2)OC2COC(c3ccccc3)OC2C1n1cc(-c2cc(F)c(F)c(F)c2)nn1. The molecule has 3 heterocycles. The first-order chi connectivity index (χ1) is 19.3. The zero-order chi connectivity index (χ0) is 28.0. The van der Waals surface area contributed by atoms with Crippen LogP contribution in [0.4, 0.5) is 13.2 Å². The maximum atomic E-state index is 13.9. The number of thioether (sulfide) groups is 1. The van der Waals surface area contributed by atoms with Gasteiger partial charge < -0.3 is 19.3 Å². The minimum Gasteiger partial charge on any atom is -0.387 e. The van der Waals surface area contributed by atoms with E-state index < -0.39 is 53.5 Å². The average molecular weight is 610 g/mol. The van der Waals surface area contributed by atoms with Gasteiger partial charge in [-0.15, -0.1) is 5.10 Å². The molecule has 1 aromatic heterocycles. The Kier molecular flexibility index (Phi) is 7.79. The number of nitrogens with zero attached hydrogens (tertiary/aromatic N) is 3. The van der Waals surface area contributed by atoms with E-state index in [-0.39, 0.29) is 17.9 Å². The molecule has 3 aromatic carbocycles. The molecular weight excluding hydrogens is 590 g/mol. The minimum atomic E-state index is -1.58. The minimum absolute atomic E-state index is 0.0162. The van der Waals surface area contributed by atoms with Crippen LogP contribution < -0.4 is 0 Å². The van der Waals surface area contributed by atoms with Crippen molar-refractivity contribution in [2.75, 3.05) is 6.61 Å². The molecule has 0 spiro atoms. The third kappa shape index (κ3) is 5.35. The van der Waals surface area contributed by atoms with Crippen LogP contribution in [0.1, 0.15) is 17.9 Å². The van der Waals surface area contributed by atoms with Gasteiger partial charge in [0.05, 0.1) is 22.8 Å². The normalized spacial score (nSPS) is 26.4. The molecule has 13 heteroatoms. The summed E-state index contributed by atoms with van der Waals surface area (Å²) in [7, 11) is 0. The van der Waals surface area contributed by atoms with Crippen molar-refractivity contribution in [2.45, 2.75) is 41.0 Å². The van der Waals surface area contributed by atoms with E-state index in [4.69, 9.17) is 37.4 Å². The average Bonchev–Trinajstić information content (AvgIpc) is 3.44. The maximum absolute atomic E-state index is 13.9. The number of hydrogen-bond donors (Lipinski definition) is 1. The van der Waals surface area contributed by atoms with E-state index in [2.05, 4.69) is 10.3 Å². The van der Waals surface area contributed by atoms with E-state index in [0.717, 1.165) is 17.7 Å². The smallest absolute Gasteiger partial charge is 0.194 e. The van der Waals surface area contributed by atoms with Gasteiger partial charge in [-0.05, 0) is 30.3 Å². The molecule has 0 radical (unpaired) electrons. The van der Waals surface area contributed by atoms with Gasteiger partial charge in [-0.2, -0.15) is 0 Å². The third-order valence-corrected chi connectivity index (χ3v) is 8.53. The Bertz CT molecular complexity index is 1510. The van der Waals surface area contributed by atoms with Crippen molar-refractivity contribution in [1.82, 2.24) is 15.0 Å². The summed E-state index contributed by atoms with van der Waals surface area (Å²) in [6, 6.07) is 15.2. The van der Waals surface area contributed by atoms with E-state index in [1.54, 1.807) is 18.2 Å². The Morgan fingerprint density at radius 2 is 1.70 bits per heavy atom. The number of aliphatic hydroxyl groups is 1. The van der Waals surface area contributed by atoms with Gasteiger partial charge in [0.2, 0.25) is 0 Å². The lowest BCUT2D eigenvalue weighted by Gasteiger charge is -2.47. The van der Waals surface area contributed by atoms with Gasteiger partial charge in [0.15, 0.2) is 23.7 Å². The molecule has 0 bridgehead atoms. The molecule has 6 rings (SSSR count). The van der Waals surface area contributed by atoms with Gasteiger partial charge in [0.1, 0.15) is 35.5 Å². The van der Waals surface area contributed by atoms with E-state index in [1.165, 1.54) is 22.6 Å². The van der Waals surface area contributed by atoms with Gasteiger partial charge in [-0.1, -0.05) is 70.5 Å². The van der Waals surface area contributed by atoms with Gasteiger partial charge in [-0.3, -0.25) is 0 Å². The first-order valence-electron chi connectivity index (χ1n) is 12.1. The van der Waals surface area contributed by atoms with Crippen molar-refractivity contribution in [3.63, 3.8) is 0 Å². The number of ether oxygens (including phenoxy) is 3. The maximum Gasteiger partial charge on any atom is 0.194 e. The summed E-state index contributed by atoms with van der Waals surface area (Å²) in [5.74, 6) is -4.29. The van der Waals surface area contributed by atoms with Gasteiger partial charge in [-0.25, -0.2) is 17.9 Å². The van der Waals surface area contributed by atoms with E-state index in [1.807, 2.05) is 30.3 Å². The topological polar surface area (TPSA) is 78.6 Å². The van der Waals surface area contributed by atoms with Crippen LogP contribution in [0.3, 0.4) is 0 Å². The Hall–Kier alpha value is -2.64. The van der Waals surface area contributed by atoms with E-state index in [0.29, 0.717) is 14.9 Å². The molecule has 0 saturated carbocycles. The molecule has 2 saturated heterocycles. The highest BCUT2D eigenvalue weighted by Gasteiger charge is 2.51. The number of fused-ring (bicyclic) bond motifs is 1. The van der Waals surface area contributed by atoms with Crippen molar-refractivity contribution in [1.29, 1.82) is 0 Å². The predicted molar refractivity (Wildman–Crippen MR) is 141 cm³/mol. The number of aliphatic hydroxyl groups excluding tert-OH is 1. The fourth-order valence-electron chi connectivity index (χ4n) is 4.70. The first kappa shape index (κ1) is 27.5. The van der Waals surface area contributed by atoms with Crippen molar-refractivity contribution < 1.29 is 32.5 Å². The predicted octanol–water partition coefficient (Wildman–Crippen LogP) is 6.20.